The quantitative estimate of drug-likeness (QED) is 0.704. The van der Waals surface area contributed by atoms with E-state index in [4.69, 9.17) is 0 Å². The molecule has 0 aromatic heterocycles. The number of carbonyl (C=O) groups is 1. The normalized spacial score (nSPS) is 31.9. The monoisotopic (exact) mass is 253 g/mol. The van der Waals surface area contributed by atoms with Gasteiger partial charge in [0.15, 0.2) is 0 Å². The Morgan fingerprint density at radius 1 is 1.22 bits per heavy atom. The van der Waals surface area contributed by atoms with Crippen LogP contribution in [0.25, 0.3) is 0 Å². The number of rotatable bonds is 3. The van der Waals surface area contributed by atoms with Gasteiger partial charge in [-0.1, -0.05) is 26.2 Å². The maximum absolute atomic E-state index is 12.1. The van der Waals surface area contributed by atoms with E-state index in [9.17, 15) is 4.79 Å². The molecule has 1 aliphatic carbocycles. The lowest BCUT2D eigenvalue weighted by Gasteiger charge is -2.35. The minimum atomic E-state index is -0.0617. The predicted octanol–water partition coefficient (Wildman–Crippen LogP) is 1.02. The van der Waals surface area contributed by atoms with Crippen LogP contribution in [0.2, 0.25) is 0 Å². The van der Waals surface area contributed by atoms with Gasteiger partial charge in [0.2, 0.25) is 5.91 Å². The third-order valence-corrected chi connectivity index (χ3v) is 4.41. The van der Waals surface area contributed by atoms with Crippen LogP contribution in [0.3, 0.4) is 0 Å². The lowest BCUT2D eigenvalue weighted by atomic mass is 9.76. The van der Waals surface area contributed by atoms with Crippen molar-refractivity contribution < 1.29 is 4.79 Å². The summed E-state index contributed by atoms with van der Waals surface area (Å²) in [6.45, 7) is 6.88. The van der Waals surface area contributed by atoms with Gasteiger partial charge in [-0.15, -0.1) is 0 Å². The highest BCUT2D eigenvalue weighted by Gasteiger charge is 2.29. The van der Waals surface area contributed by atoms with E-state index in [0.29, 0.717) is 11.5 Å². The number of nitrogens with one attached hydrogen (secondary N) is 3. The first-order valence-corrected chi connectivity index (χ1v) is 7.34. The Bertz CT molecular complexity index is 279. The van der Waals surface area contributed by atoms with Crippen molar-refractivity contribution in [2.75, 3.05) is 19.6 Å². The summed E-state index contributed by atoms with van der Waals surface area (Å²) >= 11 is 0. The molecule has 0 aromatic rings. The van der Waals surface area contributed by atoms with E-state index in [-0.39, 0.29) is 11.9 Å². The Kier molecular flexibility index (Phi) is 4.62. The molecule has 2 fully saturated rings. The molecule has 2 aliphatic rings. The number of hydrogen-bond donors (Lipinski definition) is 3. The van der Waals surface area contributed by atoms with E-state index in [1.165, 1.54) is 32.1 Å². The average molecular weight is 253 g/mol. The lowest BCUT2D eigenvalue weighted by molar-refractivity contribution is -0.124. The molecule has 2 atom stereocenters. The first-order valence-electron chi connectivity index (χ1n) is 7.34. The fourth-order valence-corrected chi connectivity index (χ4v) is 2.97. The van der Waals surface area contributed by atoms with Crippen LogP contribution >= 0.6 is 0 Å². The Balaban J connectivity index is 1.74. The summed E-state index contributed by atoms with van der Waals surface area (Å²) in [5.41, 5.74) is 0.323. The molecule has 18 heavy (non-hydrogen) atoms. The first kappa shape index (κ1) is 13.8. The third kappa shape index (κ3) is 3.69. The van der Waals surface area contributed by atoms with Crippen LogP contribution in [0.15, 0.2) is 0 Å². The van der Waals surface area contributed by atoms with Crippen LogP contribution in [0, 0.1) is 5.41 Å². The number of amides is 1. The van der Waals surface area contributed by atoms with Gasteiger partial charge < -0.3 is 16.0 Å². The summed E-state index contributed by atoms with van der Waals surface area (Å²) in [7, 11) is 0. The molecular formula is C14H27N3O. The summed E-state index contributed by atoms with van der Waals surface area (Å²) in [5.74, 6) is 0.154. The molecule has 1 aliphatic heterocycles. The smallest absolute Gasteiger partial charge is 0.238 e. The van der Waals surface area contributed by atoms with Crippen molar-refractivity contribution in [3.05, 3.63) is 0 Å². The van der Waals surface area contributed by atoms with Gasteiger partial charge in [0, 0.05) is 25.7 Å². The Morgan fingerprint density at radius 2 is 1.94 bits per heavy atom. The van der Waals surface area contributed by atoms with Crippen molar-refractivity contribution in [1.29, 1.82) is 0 Å². The van der Waals surface area contributed by atoms with E-state index < -0.39 is 0 Å². The summed E-state index contributed by atoms with van der Waals surface area (Å²) in [6.07, 6.45) is 6.48. The number of carbonyl (C=O) groups excluding carboxylic acids is 1. The molecule has 0 aromatic carbocycles. The fourth-order valence-electron chi connectivity index (χ4n) is 2.97. The Morgan fingerprint density at radius 3 is 2.56 bits per heavy atom. The molecule has 104 valence electrons. The largest absolute Gasteiger partial charge is 0.354 e. The highest BCUT2D eigenvalue weighted by molar-refractivity contribution is 5.82. The molecule has 4 heteroatoms. The topological polar surface area (TPSA) is 53.2 Å². The van der Waals surface area contributed by atoms with Crippen LogP contribution < -0.4 is 16.0 Å². The van der Waals surface area contributed by atoms with Crippen molar-refractivity contribution >= 4 is 5.91 Å². The number of hydrogen-bond acceptors (Lipinski definition) is 3. The molecule has 1 amide bonds. The van der Waals surface area contributed by atoms with Gasteiger partial charge >= 0.3 is 0 Å². The molecule has 0 spiro atoms. The summed E-state index contributed by atoms with van der Waals surface area (Å²) < 4.78 is 0. The second-order valence-electron chi connectivity index (χ2n) is 6.36. The fraction of sp³-hybridized carbons (Fsp3) is 0.929. The molecule has 1 heterocycles. The average Bonchev–Trinajstić information content (AvgIpc) is 2.38. The third-order valence-electron chi connectivity index (χ3n) is 4.41. The van der Waals surface area contributed by atoms with Crippen molar-refractivity contribution in [2.45, 2.75) is 58.0 Å². The number of piperazine rings is 1. The van der Waals surface area contributed by atoms with Gasteiger partial charge in [-0.25, -0.2) is 0 Å². The minimum Gasteiger partial charge on any atom is -0.354 e. The molecular weight excluding hydrogens is 226 g/mol. The molecule has 1 saturated heterocycles. The van der Waals surface area contributed by atoms with E-state index in [1.54, 1.807) is 0 Å². The molecule has 2 rings (SSSR count). The summed E-state index contributed by atoms with van der Waals surface area (Å²) in [4.78, 5) is 12.1. The van der Waals surface area contributed by atoms with Crippen LogP contribution in [-0.4, -0.2) is 37.6 Å². The standard InChI is InChI=1S/C14H27N3O/c1-11-8-16-12(9-15-11)13(18)17-10-14(2)6-4-3-5-7-14/h11-12,15-16H,3-10H2,1-2H3,(H,17,18). The van der Waals surface area contributed by atoms with Crippen LogP contribution in [0.1, 0.15) is 46.0 Å². The predicted molar refractivity (Wildman–Crippen MR) is 73.5 cm³/mol. The van der Waals surface area contributed by atoms with Crippen molar-refractivity contribution in [3.63, 3.8) is 0 Å². The van der Waals surface area contributed by atoms with Crippen LogP contribution in [0.5, 0.6) is 0 Å². The van der Waals surface area contributed by atoms with Crippen molar-refractivity contribution in [1.82, 2.24) is 16.0 Å². The second-order valence-corrected chi connectivity index (χ2v) is 6.36. The Labute approximate surface area is 110 Å². The minimum absolute atomic E-state index is 0.0617. The van der Waals surface area contributed by atoms with Gasteiger partial charge in [-0.2, -0.15) is 0 Å². The molecule has 0 bridgehead atoms. The van der Waals surface area contributed by atoms with Crippen LogP contribution in [-0.2, 0) is 4.79 Å². The maximum atomic E-state index is 12.1. The molecule has 2 unspecified atom stereocenters. The zero-order valence-electron chi connectivity index (χ0n) is 11.7. The molecule has 3 N–H and O–H groups in total. The van der Waals surface area contributed by atoms with E-state index in [2.05, 4.69) is 29.8 Å². The van der Waals surface area contributed by atoms with Crippen molar-refractivity contribution in [3.8, 4) is 0 Å². The zero-order valence-corrected chi connectivity index (χ0v) is 11.7. The maximum Gasteiger partial charge on any atom is 0.238 e. The van der Waals surface area contributed by atoms with E-state index >= 15 is 0 Å². The SMILES string of the molecule is CC1CNC(C(=O)NCC2(C)CCCCC2)CN1. The van der Waals surface area contributed by atoms with E-state index in [1.807, 2.05) is 0 Å². The zero-order chi connectivity index (χ0) is 13.0. The highest BCUT2D eigenvalue weighted by atomic mass is 16.2. The molecule has 0 radical (unpaired) electrons. The van der Waals surface area contributed by atoms with Gasteiger partial charge in [-0.3, -0.25) is 4.79 Å². The summed E-state index contributed by atoms with van der Waals surface area (Å²) in [6, 6.07) is 0.401. The van der Waals surface area contributed by atoms with Gasteiger partial charge in [0.1, 0.15) is 0 Å². The molecule has 4 nitrogen and oxygen atoms in total. The summed E-state index contributed by atoms with van der Waals surface area (Å²) in [5, 5.41) is 9.77. The van der Waals surface area contributed by atoms with Gasteiger partial charge in [0.05, 0.1) is 6.04 Å². The molecule has 1 saturated carbocycles. The lowest BCUT2D eigenvalue weighted by Crippen LogP contribution is -2.59. The van der Waals surface area contributed by atoms with Crippen molar-refractivity contribution in [2.24, 2.45) is 5.41 Å². The van der Waals surface area contributed by atoms with Gasteiger partial charge in [0.25, 0.3) is 0 Å². The first-order chi connectivity index (χ1) is 8.59. The van der Waals surface area contributed by atoms with E-state index in [0.717, 1.165) is 19.6 Å². The second kappa shape index (κ2) is 6.02. The van der Waals surface area contributed by atoms with Crippen LogP contribution in [0.4, 0.5) is 0 Å². The Hall–Kier alpha value is -0.610. The van der Waals surface area contributed by atoms with Gasteiger partial charge in [-0.05, 0) is 25.2 Å². The highest BCUT2D eigenvalue weighted by Crippen LogP contribution is 2.34.